The van der Waals surface area contributed by atoms with Gasteiger partial charge in [-0.2, -0.15) is 9.40 Å². The molecule has 1 aliphatic rings. The topological polar surface area (TPSA) is 66.1 Å². The van der Waals surface area contributed by atoms with Gasteiger partial charge in [-0.25, -0.2) is 8.42 Å². The zero-order valence-electron chi connectivity index (χ0n) is 10.6. The molecule has 2 heterocycles. The van der Waals surface area contributed by atoms with Crippen LogP contribution >= 0.6 is 11.6 Å². The molecule has 0 spiro atoms. The molecule has 0 amide bonds. The van der Waals surface area contributed by atoms with Crippen LogP contribution in [0.1, 0.15) is 24.2 Å². The lowest BCUT2D eigenvalue weighted by molar-refractivity contribution is 0.283. The van der Waals surface area contributed by atoms with Crippen molar-refractivity contribution in [3.05, 3.63) is 11.4 Å². The van der Waals surface area contributed by atoms with E-state index in [1.54, 1.807) is 13.8 Å². The van der Waals surface area contributed by atoms with Gasteiger partial charge in [0.2, 0.25) is 10.0 Å². The van der Waals surface area contributed by atoms with E-state index in [-0.39, 0.29) is 5.92 Å². The van der Waals surface area contributed by atoms with E-state index in [4.69, 9.17) is 11.6 Å². The standard InChI is InChI=1S/C11H18ClN3O2S/c1-8-11(9(2)14-13-8)18(16,17)15-5-3-4-10(6-12)7-15/h10H,3-7H2,1-2H3,(H,13,14). The van der Waals surface area contributed by atoms with Gasteiger partial charge in [0.25, 0.3) is 0 Å². The van der Waals surface area contributed by atoms with Gasteiger partial charge in [0.05, 0.1) is 11.4 Å². The van der Waals surface area contributed by atoms with E-state index in [1.807, 2.05) is 0 Å². The van der Waals surface area contributed by atoms with Crippen molar-refractivity contribution in [2.24, 2.45) is 5.92 Å². The Balaban J connectivity index is 2.31. The number of aryl methyl sites for hydroxylation is 2. The Morgan fingerprint density at radius 3 is 2.78 bits per heavy atom. The zero-order valence-corrected chi connectivity index (χ0v) is 12.2. The summed E-state index contributed by atoms with van der Waals surface area (Å²) in [5.41, 5.74) is 1.13. The average molecular weight is 292 g/mol. The van der Waals surface area contributed by atoms with Crippen molar-refractivity contribution in [1.29, 1.82) is 0 Å². The molecular weight excluding hydrogens is 274 g/mol. The monoisotopic (exact) mass is 291 g/mol. The number of rotatable bonds is 3. The molecule has 1 aliphatic heterocycles. The van der Waals surface area contributed by atoms with Crippen molar-refractivity contribution in [3.8, 4) is 0 Å². The highest BCUT2D eigenvalue weighted by molar-refractivity contribution is 7.89. The van der Waals surface area contributed by atoms with E-state index in [2.05, 4.69) is 10.2 Å². The van der Waals surface area contributed by atoms with Crippen molar-refractivity contribution < 1.29 is 8.42 Å². The lowest BCUT2D eigenvalue weighted by Crippen LogP contribution is -2.40. The molecule has 1 aromatic heterocycles. The molecule has 1 unspecified atom stereocenters. The van der Waals surface area contributed by atoms with E-state index >= 15 is 0 Å². The SMILES string of the molecule is Cc1n[nH]c(C)c1S(=O)(=O)N1CCCC(CCl)C1. The first-order chi connectivity index (χ1) is 8.46. The maximum atomic E-state index is 12.6. The summed E-state index contributed by atoms with van der Waals surface area (Å²) < 4.78 is 26.7. The number of aromatic nitrogens is 2. The minimum absolute atomic E-state index is 0.253. The van der Waals surface area contributed by atoms with Crippen molar-refractivity contribution in [3.63, 3.8) is 0 Å². The first kappa shape index (κ1) is 13.8. The van der Waals surface area contributed by atoms with Crippen LogP contribution < -0.4 is 0 Å². The number of aromatic amines is 1. The van der Waals surface area contributed by atoms with Gasteiger partial charge in [-0.3, -0.25) is 5.10 Å². The Labute approximate surface area is 113 Å². The Morgan fingerprint density at radius 2 is 2.22 bits per heavy atom. The van der Waals surface area contributed by atoms with E-state index in [1.165, 1.54) is 4.31 Å². The highest BCUT2D eigenvalue weighted by atomic mass is 35.5. The molecule has 0 saturated carbocycles. The van der Waals surface area contributed by atoms with Gasteiger partial charge >= 0.3 is 0 Å². The summed E-state index contributed by atoms with van der Waals surface area (Å²) in [6.45, 7) is 4.52. The van der Waals surface area contributed by atoms with Crippen molar-refractivity contribution >= 4 is 21.6 Å². The van der Waals surface area contributed by atoms with E-state index in [9.17, 15) is 8.42 Å². The Kier molecular flexibility index (Phi) is 3.99. The minimum Gasteiger partial charge on any atom is -0.281 e. The Bertz CT molecular complexity index is 507. The number of hydrogen-bond acceptors (Lipinski definition) is 3. The normalized spacial score (nSPS) is 22.3. The molecule has 1 saturated heterocycles. The number of hydrogen-bond donors (Lipinski definition) is 1. The summed E-state index contributed by atoms with van der Waals surface area (Å²) in [7, 11) is -3.44. The second-order valence-corrected chi connectivity index (χ2v) is 6.97. The molecule has 0 radical (unpaired) electrons. The predicted molar refractivity (Wildman–Crippen MR) is 70.3 cm³/mol. The molecule has 18 heavy (non-hydrogen) atoms. The Morgan fingerprint density at radius 1 is 1.50 bits per heavy atom. The maximum Gasteiger partial charge on any atom is 0.246 e. The van der Waals surface area contributed by atoms with Crippen LogP contribution in [-0.2, 0) is 10.0 Å². The highest BCUT2D eigenvalue weighted by Gasteiger charge is 2.33. The molecular formula is C11H18ClN3O2S. The highest BCUT2D eigenvalue weighted by Crippen LogP contribution is 2.26. The molecule has 7 heteroatoms. The van der Waals surface area contributed by atoms with Gasteiger partial charge in [-0.15, -0.1) is 11.6 Å². The van der Waals surface area contributed by atoms with Crippen LogP contribution in [-0.4, -0.2) is 41.9 Å². The largest absolute Gasteiger partial charge is 0.281 e. The van der Waals surface area contributed by atoms with Crippen LogP contribution in [0.3, 0.4) is 0 Å². The van der Waals surface area contributed by atoms with Gasteiger partial charge in [0.1, 0.15) is 4.90 Å². The molecule has 5 nitrogen and oxygen atoms in total. The molecule has 0 aliphatic carbocycles. The fraction of sp³-hybridized carbons (Fsp3) is 0.727. The number of nitrogens with one attached hydrogen (secondary N) is 1. The quantitative estimate of drug-likeness (QED) is 0.862. The summed E-state index contributed by atoms with van der Waals surface area (Å²) >= 11 is 5.84. The summed E-state index contributed by atoms with van der Waals surface area (Å²) in [5, 5.41) is 6.68. The van der Waals surface area contributed by atoms with Crippen LogP contribution in [0.2, 0.25) is 0 Å². The molecule has 1 atom stereocenters. The van der Waals surface area contributed by atoms with Crippen LogP contribution in [0.5, 0.6) is 0 Å². The lowest BCUT2D eigenvalue weighted by Gasteiger charge is -2.30. The van der Waals surface area contributed by atoms with Gasteiger partial charge in [0.15, 0.2) is 0 Å². The van der Waals surface area contributed by atoms with Gasteiger partial charge in [0, 0.05) is 19.0 Å². The summed E-state index contributed by atoms with van der Waals surface area (Å²) in [4.78, 5) is 0.317. The minimum atomic E-state index is -3.44. The molecule has 1 N–H and O–H groups in total. The van der Waals surface area contributed by atoms with Gasteiger partial charge in [-0.1, -0.05) is 0 Å². The second-order valence-electron chi connectivity index (χ2n) is 4.79. The van der Waals surface area contributed by atoms with E-state index in [0.29, 0.717) is 35.3 Å². The van der Waals surface area contributed by atoms with Crippen LogP contribution in [0, 0.1) is 19.8 Å². The first-order valence-electron chi connectivity index (χ1n) is 6.04. The predicted octanol–water partition coefficient (Wildman–Crippen LogP) is 1.67. The first-order valence-corrected chi connectivity index (χ1v) is 8.02. The van der Waals surface area contributed by atoms with Gasteiger partial charge < -0.3 is 0 Å². The summed E-state index contributed by atoms with van der Waals surface area (Å²) in [5.74, 6) is 0.762. The third kappa shape index (κ3) is 2.41. The number of nitrogens with zero attached hydrogens (tertiary/aromatic N) is 2. The van der Waals surface area contributed by atoms with Crippen LogP contribution in [0.4, 0.5) is 0 Å². The third-order valence-corrected chi connectivity index (χ3v) is 5.92. The molecule has 1 fully saturated rings. The smallest absolute Gasteiger partial charge is 0.246 e. The second kappa shape index (κ2) is 5.19. The van der Waals surface area contributed by atoms with Crippen LogP contribution in [0.25, 0.3) is 0 Å². The molecule has 102 valence electrons. The zero-order chi connectivity index (χ0) is 13.3. The fourth-order valence-electron chi connectivity index (χ4n) is 2.42. The fourth-order valence-corrected chi connectivity index (χ4v) is 4.56. The lowest BCUT2D eigenvalue weighted by atomic mass is 10.0. The number of alkyl halides is 1. The van der Waals surface area contributed by atoms with E-state index < -0.39 is 10.0 Å². The van der Waals surface area contributed by atoms with Crippen molar-refractivity contribution in [2.45, 2.75) is 31.6 Å². The molecule has 1 aromatic rings. The van der Waals surface area contributed by atoms with Crippen LogP contribution in [0.15, 0.2) is 4.90 Å². The number of H-pyrrole nitrogens is 1. The summed E-state index contributed by atoms with van der Waals surface area (Å²) in [6, 6.07) is 0. The maximum absolute atomic E-state index is 12.6. The number of halogens is 1. The van der Waals surface area contributed by atoms with Crippen molar-refractivity contribution in [1.82, 2.24) is 14.5 Å². The Hall–Kier alpha value is -0.590. The van der Waals surface area contributed by atoms with E-state index in [0.717, 1.165) is 12.8 Å². The average Bonchev–Trinajstić information content (AvgIpc) is 2.69. The summed E-state index contributed by atoms with van der Waals surface area (Å²) in [6.07, 6.45) is 1.87. The molecule has 0 bridgehead atoms. The molecule has 2 rings (SSSR count). The molecule has 0 aromatic carbocycles. The number of sulfonamides is 1. The third-order valence-electron chi connectivity index (χ3n) is 3.36. The van der Waals surface area contributed by atoms with Gasteiger partial charge in [-0.05, 0) is 32.6 Å². The van der Waals surface area contributed by atoms with Crippen molar-refractivity contribution in [2.75, 3.05) is 19.0 Å². The number of piperidine rings is 1.